The van der Waals surface area contributed by atoms with E-state index in [-0.39, 0.29) is 11.7 Å². The smallest absolute Gasteiger partial charge is 0.255 e. The zero-order chi connectivity index (χ0) is 18.7. The molecule has 0 unspecified atom stereocenters. The predicted molar refractivity (Wildman–Crippen MR) is 104 cm³/mol. The number of hydrogen-bond donors (Lipinski definition) is 4. The van der Waals surface area contributed by atoms with E-state index in [1.54, 1.807) is 19.1 Å². The maximum atomic E-state index is 12.9. The molecule has 0 radical (unpaired) electrons. The minimum Gasteiger partial charge on any atom is -0.504 e. The lowest BCUT2D eigenvalue weighted by molar-refractivity contribution is -0.113. The van der Waals surface area contributed by atoms with Crippen LogP contribution in [0.3, 0.4) is 0 Å². The second-order valence-corrected chi connectivity index (χ2v) is 6.23. The molecule has 134 valence electrons. The number of carbonyl (C=O) groups is 1. The van der Waals surface area contributed by atoms with Gasteiger partial charge in [0.2, 0.25) is 0 Å². The predicted octanol–water partition coefficient (Wildman–Crippen LogP) is 2.83. The molecule has 2 aromatic carbocycles. The number of aromatic hydroxyl groups is 1. The van der Waals surface area contributed by atoms with Crippen molar-refractivity contribution in [3.05, 3.63) is 65.4 Å². The number of ether oxygens (including phenoxy) is 1. The summed E-state index contributed by atoms with van der Waals surface area (Å²) in [5.41, 5.74) is 2.63. The lowest BCUT2D eigenvalue weighted by atomic mass is 9.94. The fourth-order valence-corrected chi connectivity index (χ4v) is 3.11. The SMILES string of the molecule is COc1cc([C@H]2NC(=S)NC(C)=C2C(=O)Nc2ccccc2)ccc1O. The highest BCUT2D eigenvalue weighted by Gasteiger charge is 2.30. The van der Waals surface area contributed by atoms with E-state index in [4.69, 9.17) is 17.0 Å². The Balaban J connectivity index is 1.98. The molecule has 1 aliphatic rings. The maximum Gasteiger partial charge on any atom is 0.255 e. The van der Waals surface area contributed by atoms with Crippen LogP contribution in [0.1, 0.15) is 18.5 Å². The Kier molecular flexibility index (Phi) is 5.09. The average molecular weight is 369 g/mol. The number of rotatable bonds is 4. The molecular formula is C19H19N3O3S. The molecule has 0 saturated heterocycles. The van der Waals surface area contributed by atoms with Crippen molar-refractivity contribution in [1.29, 1.82) is 0 Å². The van der Waals surface area contributed by atoms with Crippen molar-refractivity contribution >= 4 is 28.9 Å². The van der Waals surface area contributed by atoms with Gasteiger partial charge in [0.15, 0.2) is 16.6 Å². The Morgan fingerprint density at radius 1 is 1.23 bits per heavy atom. The highest BCUT2D eigenvalue weighted by Crippen LogP contribution is 2.33. The molecule has 0 aromatic heterocycles. The average Bonchev–Trinajstić information content (AvgIpc) is 2.62. The van der Waals surface area contributed by atoms with Crippen molar-refractivity contribution in [2.24, 2.45) is 0 Å². The summed E-state index contributed by atoms with van der Waals surface area (Å²) in [5, 5.41) is 19.3. The first-order valence-electron chi connectivity index (χ1n) is 8.01. The fourth-order valence-electron chi connectivity index (χ4n) is 2.84. The summed E-state index contributed by atoms with van der Waals surface area (Å²) < 4.78 is 5.18. The second kappa shape index (κ2) is 7.45. The van der Waals surface area contributed by atoms with Gasteiger partial charge in [-0.25, -0.2) is 0 Å². The van der Waals surface area contributed by atoms with Crippen molar-refractivity contribution in [1.82, 2.24) is 10.6 Å². The molecule has 4 N–H and O–H groups in total. The van der Waals surface area contributed by atoms with Gasteiger partial charge in [-0.3, -0.25) is 4.79 Å². The van der Waals surface area contributed by atoms with Crippen molar-refractivity contribution in [3.63, 3.8) is 0 Å². The number of para-hydroxylation sites is 1. The topological polar surface area (TPSA) is 82.6 Å². The first-order chi connectivity index (χ1) is 12.5. The monoisotopic (exact) mass is 369 g/mol. The number of amides is 1. The Morgan fingerprint density at radius 2 is 1.96 bits per heavy atom. The van der Waals surface area contributed by atoms with Crippen molar-refractivity contribution in [3.8, 4) is 11.5 Å². The van der Waals surface area contributed by atoms with Crippen LogP contribution in [-0.2, 0) is 4.79 Å². The van der Waals surface area contributed by atoms with Crippen molar-refractivity contribution in [2.45, 2.75) is 13.0 Å². The first kappa shape index (κ1) is 17.8. The molecular weight excluding hydrogens is 350 g/mol. The van der Waals surface area contributed by atoms with Gasteiger partial charge >= 0.3 is 0 Å². The van der Waals surface area contributed by atoms with Gasteiger partial charge in [0, 0.05) is 11.4 Å². The van der Waals surface area contributed by atoms with Crippen LogP contribution >= 0.6 is 12.2 Å². The summed E-state index contributed by atoms with van der Waals surface area (Å²) in [7, 11) is 1.48. The molecule has 1 atom stereocenters. The van der Waals surface area contributed by atoms with E-state index in [1.807, 2.05) is 30.3 Å². The second-order valence-electron chi connectivity index (χ2n) is 5.82. The van der Waals surface area contributed by atoms with E-state index >= 15 is 0 Å². The molecule has 1 aliphatic heterocycles. The number of phenolic OH excluding ortho intramolecular Hbond substituents is 1. The van der Waals surface area contributed by atoms with Crippen LogP contribution < -0.4 is 20.7 Å². The zero-order valence-electron chi connectivity index (χ0n) is 14.4. The quantitative estimate of drug-likeness (QED) is 0.621. The highest BCUT2D eigenvalue weighted by molar-refractivity contribution is 7.80. The lowest BCUT2D eigenvalue weighted by Gasteiger charge is -2.30. The van der Waals surface area contributed by atoms with Gasteiger partial charge in [0.25, 0.3) is 5.91 Å². The number of anilines is 1. The Bertz CT molecular complexity index is 881. The third kappa shape index (κ3) is 3.62. The highest BCUT2D eigenvalue weighted by atomic mass is 32.1. The van der Waals surface area contributed by atoms with Crippen LogP contribution in [0.2, 0.25) is 0 Å². The minimum atomic E-state index is -0.470. The molecule has 3 rings (SSSR count). The Morgan fingerprint density at radius 3 is 2.65 bits per heavy atom. The largest absolute Gasteiger partial charge is 0.504 e. The van der Waals surface area contributed by atoms with Gasteiger partial charge in [0.1, 0.15) is 0 Å². The van der Waals surface area contributed by atoms with Crippen LogP contribution in [0.5, 0.6) is 11.5 Å². The number of phenols is 1. The van der Waals surface area contributed by atoms with Gasteiger partial charge in [-0.15, -0.1) is 0 Å². The van der Waals surface area contributed by atoms with Gasteiger partial charge in [-0.2, -0.15) is 0 Å². The Hall–Kier alpha value is -3.06. The summed E-state index contributed by atoms with van der Waals surface area (Å²) in [6.07, 6.45) is 0. The van der Waals surface area contributed by atoms with E-state index < -0.39 is 6.04 Å². The van der Waals surface area contributed by atoms with E-state index in [9.17, 15) is 9.90 Å². The number of methoxy groups -OCH3 is 1. The van der Waals surface area contributed by atoms with E-state index in [0.29, 0.717) is 27.8 Å². The molecule has 26 heavy (non-hydrogen) atoms. The molecule has 1 heterocycles. The normalized spacial score (nSPS) is 16.5. The fraction of sp³-hybridized carbons (Fsp3) is 0.158. The lowest BCUT2D eigenvalue weighted by Crippen LogP contribution is -2.45. The zero-order valence-corrected chi connectivity index (χ0v) is 15.2. The molecule has 0 aliphatic carbocycles. The van der Waals surface area contributed by atoms with E-state index in [1.165, 1.54) is 13.2 Å². The number of hydrogen-bond acceptors (Lipinski definition) is 4. The Labute approximate surface area is 156 Å². The molecule has 0 fully saturated rings. The number of benzene rings is 2. The van der Waals surface area contributed by atoms with Crippen LogP contribution in [-0.4, -0.2) is 23.2 Å². The first-order valence-corrected chi connectivity index (χ1v) is 8.42. The minimum absolute atomic E-state index is 0.0312. The van der Waals surface area contributed by atoms with Gasteiger partial charge in [-0.1, -0.05) is 24.3 Å². The summed E-state index contributed by atoms with van der Waals surface area (Å²) >= 11 is 5.25. The molecule has 1 amide bonds. The number of allylic oxidation sites excluding steroid dienone is 1. The molecule has 7 heteroatoms. The van der Waals surface area contributed by atoms with Crippen LogP contribution in [0.4, 0.5) is 5.69 Å². The maximum absolute atomic E-state index is 12.9. The van der Waals surface area contributed by atoms with Crippen LogP contribution in [0.25, 0.3) is 0 Å². The van der Waals surface area contributed by atoms with E-state index in [0.717, 1.165) is 5.56 Å². The summed E-state index contributed by atoms with van der Waals surface area (Å²) in [6.45, 7) is 1.80. The molecule has 6 nitrogen and oxygen atoms in total. The molecule has 0 bridgehead atoms. The van der Waals surface area contributed by atoms with Crippen molar-refractivity contribution < 1.29 is 14.6 Å². The van der Waals surface area contributed by atoms with E-state index in [2.05, 4.69) is 16.0 Å². The molecule has 0 saturated carbocycles. The standard InChI is InChI=1S/C19H19N3O3S/c1-11-16(18(24)21-13-6-4-3-5-7-13)17(22-19(26)20-11)12-8-9-14(23)15(10-12)25-2/h3-10,17,23H,1-2H3,(H,21,24)(H2,20,22,26)/t17-/m1/s1. The number of carbonyl (C=O) groups excluding carboxylic acids is 1. The molecule has 0 spiro atoms. The number of nitrogens with one attached hydrogen (secondary N) is 3. The van der Waals surface area contributed by atoms with Crippen LogP contribution in [0.15, 0.2) is 59.8 Å². The summed E-state index contributed by atoms with van der Waals surface area (Å²) in [5.74, 6) is 0.117. The third-order valence-corrected chi connectivity index (χ3v) is 4.30. The number of thiocarbonyl (C=S) groups is 1. The molecule has 2 aromatic rings. The summed E-state index contributed by atoms with van der Waals surface area (Å²) in [6, 6.07) is 13.7. The third-order valence-electron chi connectivity index (χ3n) is 4.08. The van der Waals surface area contributed by atoms with Gasteiger partial charge in [0.05, 0.1) is 18.7 Å². The van der Waals surface area contributed by atoms with Gasteiger partial charge < -0.3 is 25.8 Å². The summed E-state index contributed by atoms with van der Waals surface area (Å²) in [4.78, 5) is 12.9. The van der Waals surface area contributed by atoms with Crippen molar-refractivity contribution in [2.75, 3.05) is 12.4 Å². The van der Waals surface area contributed by atoms with Gasteiger partial charge in [-0.05, 0) is 49.0 Å². The van der Waals surface area contributed by atoms with Crippen LogP contribution in [0, 0.1) is 0 Å².